The number of aromatic carboxylic acids is 1. The zero-order chi connectivity index (χ0) is 12.3. The summed E-state index contributed by atoms with van der Waals surface area (Å²) < 4.78 is 0. The van der Waals surface area contributed by atoms with Gasteiger partial charge in [0.05, 0.1) is 5.56 Å². The summed E-state index contributed by atoms with van der Waals surface area (Å²) in [6.07, 6.45) is 4.00. The highest BCUT2D eigenvalue weighted by molar-refractivity contribution is 5.87. The van der Waals surface area contributed by atoms with E-state index < -0.39 is 5.97 Å². The van der Waals surface area contributed by atoms with Crippen LogP contribution in [0.25, 0.3) is 0 Å². The third kappa shape index (κ3) is 3.07. The minimum Gasteiger partial charge on any atom is -0.478 e. The number of hydrogen-bond acceptors (Lipinski definition) is 2. The molecule has 92 valence electrons. The average Bonchev–Trinajstić information content (AvgIpc) is 2.24. The van der Waals surface area contributed by atoms with Crippen molar-refractivity contribution in [3.8, 4) is 0 Å². The van der Waals surface area contributed by atoms with Gasteiger partial charge in [-0.05, 0) is 43.4 Å². The monoisotopic (exact) mass is 233 g/mol. The van der Waals surface area contributed by atoms with Crippen molar-refractivity contribution in [2.45, 2.75) is 38.8 Å². The molecule has 0 saturated heterocycles. The Morgan fingerprint density at radius 3 is 2.88 bits per heavy atom. The summed E-state index contributed by atoms with van der Waals surface area (Å²) in [4.78, 5) is 10.8. The van der Waals surface area contributed by atoms with Crippen LogP contribution >= 0.6 is 0 Å². The molecule has 2 N–H and O–H groups in total. The SMILES string of the molecule is CC(NCc1cccc(C(=O)O)c1)C1CCC1. The molecule has 0 radical (unpaired) electrons. The molecule has 3 nitrogen and oxygen atoms in total. The van der Waals surface area contributed by atoms with Crippen LogP contribution in [0.5, 0.6) is 0 Å². The largest absolute Gasteiger partial charge is 0.478 e. The Morgan fingerprint density at radius 2 is 2.29 bits per heavy atom. The Hall–Kier alpha value is -1.35. The number of carboxylic acid groups (broad SMARTS) is 1. The molecule has 1 aromatic carbocycles. The van der Waals surface area contributed by atoms with Crippen molar-refractivity contribution in [3.05, 3.63) is 35.4 Å². The third-order valence-corrected chi connectivity index (χ3v) is 3.66. The first-order chi connectivity index (χ1) is 8.16. The van der Waals surface area contributed by atoms with Crippen LogP contribution in [0.4, 0.5) is 0 Å². The van der Waals surface area contributed by atoms with E-state index in [0.29, 0.717) is 11.6 Å². The van der Waals surface area contributed by atoms with Gasteiger partial charge in [0, 0.05) is 12.6 Å². The second-order valence-electron chi connectivity index (χ2n) is 4.87. The number of benzene rings is 1. The molecule has 1 fully saturated rings. The van der Waals surface area contributed by atoms with Gasteiger partial charge in [-0.3, -0.25) is 0 Å². The van der Waals surface area contributed by atoms with Crippen molar-refractivity contribution < 1.29 is 9.90 Å². The lowest BCUT2D eigenvalue weighted by Crippen LogP contribution is -2.36. The molecule has 17 heavy (non-hydrogen) atoms. The molecule has 1 saturated carbocycles. The topological polar surface area (TPSA) is 49.3 Å². The summed E-state index contributed by atoms with van der Waals surface area (Å²) in [6.45, 7) is 2.96. The van der Waals surface area contributed by atoms with Crippen LogP contribution in [-0.2, 0) is 6.54 Å². The van der Waals surface area contributed by atoms with E-state index in [-0.39, 0.29) is 0 Å². The third-order valence-electron chi connectivity index (χ3n) is 3.66. The average molecular weight is 233 g/mol. The van der Waals surface area contributed by atoms with Gasteiger partial charge in [0.2, 0.25) is 0 Å². The molecule has 0 aromatic heterocycles. The lowest BCUT2D eigenvalue weighted by atomic mass is 9.80. The van der Waals surface area contributed by atoms with Crippen molar-refractivity contribution in [1.82, 2.24) is 5.32 Å². The maximum Gasteiger partial charge on any atom is 0.335 e. The summed E-state index contributed by atoms with van der Waals surface area (Å²) in [7, 11) is 0. The highest BCUT2D eigenvalue weighted by Crippen LogP contribution is 2.29. The maximum absolute atomic E-state index is 10.8. The lowest BCUT2D eigenvalue weighted by molar-refractivity contribution is 0.0696. The summed E-state index contributed by atoms with van der Waals surface area (Å²) in [5.74, 6) is -0.0588. The smallest absolute Gasteiger partial charge is 0.335 e. The first-order valence-electron chi connectivity index (χ1n) is 6.22. The molecule has 1 unspecified atom stereocenters. The standard InChI is InChI=1S/C14H19NO2/c1-10(12-5-3-6-12)15-9-11-4-2-7-13(8-11)14(16)17/h2,4,7-8,10,12,15H,3,5-6,9H2,1H3,(H,16,17). The summed E-state index contributed by atoms with van der Waals surface area (Å²) in [5.41, 5.74) is 1.40. The minimum absolute atomic E-state index is 0.362. The molecule has 0 heterocycles. The van der Waals surface area contributed by atoms with Gasteiger partial charge in [-0.25, -0.2) is 4.79 Å². The number of nitrogens with one attached hydrogen (secondary N) is 1. The fraction of sp³-hybridized carbons (Fsp3) is 0.500. The molecule has 0 amide bonds. The van der Waals surface area contributed by atoms with Crippen LogP contribution in [0, 0.1) is 5.92 Å². The van der Waals surface area contributed by atoms with Crippen LogP contribution in [-0.4, -0.2) is 17.1 Å². The Morgan fingerprint density at radius 1 is 1.53 bits per heavy atom. The number of rotatable bonds is 5. The number of carbonyl (C=O) groups is 1. The zero-order valence-electron chi connectivity index (χ0n) is 10.1. The molecule has 0 bridgehead atoms. The van der Waals surface area contributed by atoms with Gasteiger partial charge in [0.25, 0.3) is 0 Å². The summed E-state index contributed by atoms with van der Waals surface area (Å²) >= 11 is 0. The van der Waals surface area contributed by atoms with E-state index in [2.05, 4.69) is 12.2 Å². The van der Waals surface area contributed by atoms with Gasteiger partial charge >= 0.3 is 5.97 Å². The van der Waals surface area contributed by atoms with Crippen molar-refractivity contribution in [2.24, 2.45) is 5.92 Å². The highest BCUT2D eigenvalue weighted by atomic mass is 16.4. The van der Waals surface area contributed by atoms with E-state index in [1.807, 2.05) is 6.07 Å². The molecule has 2 rings (SSSR count). The Kier molecular flexibility index (Phi) is 3.79. The van der Waals surface area contributed by atoms with Crippen molar-refractivity contribution in [3.63, 3.8) is 0 Å². The van der Waals surface area contributed by atoms with E-state index in [1.165, 1.54) is 19.3 Å². The summed E-state index contributed by atoms with van der Waals surface area (Å²) in [5, 5.41) is 12.4. The van der Waals surface area contributed by atoms with Crippen LogP contribution in [0.15, 0.2) is 24.3 Å². The zero-order valence-corrected chi connectivity index (χ0v) is 10.1. The van der Waals surface area contributed by atoms with Crippen molar-refractivity contribution in [1.29, 1.82) is 0 Å². The molecular weight excluding hydrogens is 214 g/mol. The molecule has 0 aliphatic heterocycles. The van der Waals surface area contributed by atoms with E-state index >= 15 is 0 Å². The molecule has 1 atom stereocenters. The van der Waals surface area contributed by atoms with E-state index in [9.17, 15) is 4.79 Å². The van der Waals surface area contributed by atoms with Crippen molar-refractivity contribution in [2.75, 3.05) is 0 Å². The molecule has 1 aliphatic carbocycles. The Bertz CT molecular complexity index is 399. The predicted molar refractivity (Wildman–Crippen MR) is 67.0 cm³/mol. The maximum atomic E-state index is 10.8. The predicted octanol–water partition coefficient (Wildman–Crippen LogP) is 2.66. The first kappa shape index (κ1) is 12.1. The van der Waals surface area contributed by atoms with Crippen LogP contribution in [0.1, 0.15) is 42.1 Å². The van der Waals surface area contributed by atoms with Crippen LogP contribution in [0.3, 0.4) is 0 Å². The van der Waals surface area contributed by atoms with Gasteiger partial charge in [0.1, 0.15) is 0 Å². The number of carboxylic acids is 1. The normalized spacial score (nSPS) is 17.5. The van der Waals surface area contributed by atoms with Crippen LogP contribution < -0.4 is 5.32 Å². The van der Waals surface area contributed by atoms with Gasteiger partial charge in [-0.2, -0.15) is 0 Å². The Labute approximate surface area is 102 Å². The van der Waals surface area contributed by atoms with Gasteiger partial charge in [0.15, 0.2) is 0 Å². The Balaban J connectivity index is 1.89. The lowest BCUT2D eigenvalue weighted by Gasteiger charge is -2.32. The summed E-state index contributed by atoms with van der Waals surface area (Å²) in [6, 6.07) is 7.66. The highest BCUT2D eigenvalue weighted by Gasteiger charge is 2.23. The van der Waals surface area contributed by atoms with Gasteiger partial charge in [-0.1, -0.05) is 18.6 Å². The van der Waals surface area contributed by atoms with Crippen LogP contribution in [0.2, 0.25) is 0 Å². The molecular formula is C14H19NO2. The van der Waals surface area contributed by atoms with Gasteiger partial charge < -0.3 is 10.4 Å². The molecule has 1 aromatic rings. The second-order valence-corrected chi connectivity index (χ2v) is 4.87. The van der Waals surface area contributed by atoms with E-state index in [4.69, 9.17) is 5.11 Å². The number of hydrogen-bond donors (Lipinski definition) is 2. The van der Waals surface area contributed by atoms with Crippen molar-refractivity contribution >= 4 is 5.97 Å². The molecule has 3 heteroatoms. The quantitative estimate of drug-likeness (QED) is 0.822. The molecule has 1 aliphatic rings. The van der Waals surface area contributed by atoms with E-state index in [0.717, 1.165) is 18.0 Å². The minimum atomic E-state index is -0.862. The van der Waals surface area contributed by atoms with Gasteiger partial charge in [-0.15, -0.1) is 0 Å². The second kappa shape index (κ2) is 5.32. The fourth-order valence-electron chi connectivity index (χ4n) is 2.20. The molecule has 0 spiro atoms. The first-order valence-corrected chi connectivity index (χ1v) is 6.22. The fourth-order valence-corrected chi connectivity index (χ4v) is 2.20. The van der Waals surface area contributed by atoms with E-state index in [1.54, 1.807) is 18.2 Å².